The fourth-order valence-electron chi connectivity index (χ4n) is 2.62. The van der Waals surface area contributed by atoms with Gasteiger partial charge < -0.3 is 21.3 Å². The SMILES string of the molecule is O=C1NC23CCCC2(N1)NC(=O)N3. The quantitative estimate of drug-likeness (QED) is 0.395. The Hall–Kier alpha value is -1.46. The number of amides is 4. The number of urea groups is 2. The summed E-state index contributed by atoms with van der Waals surface area (Å²) in [7, 11) is 0. The van der Waals surface area contributed by atoms with Gasteiger partial charge in [-0.3, -0.25) is 0 Å². The molecule has 0 bridgehead atoms. The van der Waals surface area contributed by atoms with E-state index in [-0.39, 0.29) is 12.1 Å². The van der Waals surface area contributed by atoms with Gasteiger partial charge in [0.2, 0.25) is 0 Å². The first kappa shape index (κ1) is 6.99. The topological polar surface area (TPSA) is 82.3 Å². The molecule has 13 heavy (non-hydrogen) atoms. The van der Waals surface area contributed by atoms with Crippen LogP contribution in [0.25, 0.3) is 0 Å². The highest BCUT2D eigenvalue weighted by Crippen LogP contribution is 2.41. The largest absolute Gasteiger partial charge is 0.318 e. The molecule has 2 heterocycles. The summed E-state index contributed by atoms with van der Waals surface area (Å²) in [4.78, 5) is 22.3. The minimum Gasteiger partial charge on any atom is -0.311 e. The van der Waals surface area contributed by atoms with Crippen molar-refractivity contribution in [2.75, 3.05) is 0 Å². The molecule has 2 aliphatic heterocycles. The molecule has 0 radical (unpaired) electrons. The molecule has 6 heteroatoms. The van der Waals surface area contributed by atoms with Crippen molar-refractivity contribution in [3.8, 4) is 0 Å². The van der Waals surface area contributed by atoms with Gasteiger partial charge in [-0.2, -0.15) is 0 Å². The van der Waals surface area contributed by atoms with Crippen molar-refractivity contribution in [3.63, 3.8) is 0 Å². The van der Waals surface area contributed by atoms with Gasteiger partial charge in [-0.05, 0) is 19.3 Å². The zero-order valence-electron chi connectivity index (χ0n) is 6.94. The van der Waals surface area contributed by atoms with Crippen LogP contribution in [0.5, 0.6) is 0 Å². The molecule has 4 N–H and O–H groups in total. The number of hydrogen-bond donors (Lipinski definition) is 4. The average Bonchev–Trinajstić information content (AvgIpc) is 2.42. The van der Waals surface area contributed by atoms with Crippen molar-refractivity contribution in [2.45, 2.75) is 30.6 Å². The molecule has 3 fully saturated rings. The molecule has 0 aromatic heterocycles. The predicted octanol–water partition coefficient (Wildman–Crippen LogP) is -0.811. The van der Waals surface area contributed by atoms with E-state index in [0.717, 1.165) is 19.3 Å². The summed E-state index contributed by atoms with van der Waals surface area (Å²) in [5.41, 5.74) is -1.16. The number of nitrogens with one attached hydrogen (secondary N) is 4. The molecule has 3 aliphatic rings. The molecule has 4 amide bonds. The van der Waals surface area contributed by atoms with E-state index in [2.05, 4.69) is 21.3 Å². The van der Waals surface area contributed by atoms with Crippen molar-refractivity contribution in [2.24, 2.45) is 0 Å². The second-order valence-corrected chi connectivity index (χ2v) is 3.82. The van der Waals surface area contributed by atoms with Gasteiger partial charge in [-0.25, -0.2) is 9.59 Å². The Balaban J connectivity index is 2.09. The zero-order valence-corrected chi connectivity index (χ0v) is 6.94. The molecule has 0 aromatic rings. The molecular formula is C7H10N4O2. The molecule has 2 saturated heterocycles. The highest BCUT2D eigenvalue weighted by Gasteiger charge is 2.66. The van der Waals surface area contributed by atoms with E-state index < -0.39 is 11.3 Å². The first-order valence-electron chi connectivity index (χ1n) is 4.37. The van der Waals surface area contributed by atoms with Gasteiger partial charge in [0.1, 0.15) is 0 Å². The predicted molar refractivity (Wildman–Crippen MR) is 42.6 cm³/mol. The summed E-state index contributed by atoms with van der Waals surface area (Å²) in [6.45, 7) is 0. The molecule has 6 nitrogen and oxygen atoms in total. The van der Waals surface area contributed by atoms with E-state index in [9.17, 15) is 9.59 Å². The fourth-order valence-corrected chi connectivity index (χ4v) is 2.62. The minimum absolute atomic E-state index is 0.216. The van der Waals surface area contributed by atoms with Crippen LogP contribution >= 0.6 is 0 Å². The summed E-state index contributed by atoms with van der Waals surface area (Å²) >= 11 is 0. The molecule has 0 atom stereocenters. The van der Waals surface area contributed by atoms with E-state index in [1.165, 1.54) is 0 Å². The smallest absolute Gasteiger partial charge is 0.311 e. The van der Waals surface area contributed by atoms with E-state index in [1.807, 2.05) is 0 Å². The normalized spacial score (nSPS) is 45.8. The van der Waals surface area contributed by atoms with Gasteiger partial charge in [-0.15, -0.1) is 0 Å². The Bertz CT molecular complexity index is 268. The monoisotopic (exact) mass is 182 g/mol. The van der Waals surface area contributed by atoms with Crippen LogP contribution in [0.2, 0.25) is 0 Å². The van der Waals surface area contributed by atoms with E-state index >= 15 is 0 Å². The average molecular weight is 182 g/mol. The Labute approximate surface area is 74.4 Å². The van der Waals surface area contributed by atoms with Crippen LogP contribution in [0.3, 0.4) is 0 Å². The standard InChI is InChI=1S/C7H10N4O2/c12-4-8-6-2-1-3-7(6,10-4)11-5(13)9-6/h1-3H2,(H2,8,10,12)(H2,9,11,13). The number of carbonyl (C=O) groups is 2. The number of rotatable bonds is 0. The summed E-state index contributed by atoms with van der Waals surface area (Å²) < 4.78 is 0. The van der Waals surface area contributed by atoms with Gasteiger partial charge in [0.05, 0.1) is 0 Å². The second kappa shape index (κ2) is 1.73. The summed E-state index contributed by atoms with van der Waals surface area (Å²) in [6, 6.07) is -0.431. The lowest BCUT2D eigenvalue weighted by Crippen LogP contribution is -2.62. The van der Waals surface area contributed by atoms with Gasteiger partial charge in [0, 0.05) is 0 Å². The van der Waals surface area contributed by atoms with Gasteiger partial charge >= 0.3 is 12.1 Å². The van der Waals surface area contributed by atoms with Crippen molar-refractivity contribution in [3.05, 3.63) is 0 Å². The maximum absolute atomic E-state index is 11.2. The van der Waals surface area contributed by atoms with Crippen LogP contribution < -0.4 is 21.3 Å². The maximum atomic E-state index is 11.2. The molecular weight excluding hydrogens is 172 g/mol. The van der Waals surface area contributed by atoms with Crippen LogP contribution in [-0.4, -0.2) is 23.4 Å². The Morgan fingerprint density at radius 1 is 0.846 bits per heavy atom. The van der Waals surface area contributed by atoms with Crippen molar-refractivity contribution >= 4 is 12.1 Å². The third-order valence-corrected chi connectivity index (χ3v) is 3.14. The van der Waals surface area contributed by atoms with Crippen LogP contribution in [0, 0.1) is 0 Å². The molecule has 3 rings (SSSR count). The van der Waals surface area contributed by atoms with E-state index in [0.29, 0.717) is 0 Å². The van der Waals surface area contributed by atoms with Crippen molar-refractivity contribution < 1.29 is 9.59 Å². The number of carbonyl (C=O) groups excluding carboxylic acids is 2. The lowest BCUT2D eigenvalue weighted by atomic mass is 10.0. The summed E-state index contributed by atoms with van der Waals surface area (Å²) in [5, 5.41) is 11.1. The van der Waals surface area contributed by atoms with E-state index in [1.54, 1.807) is 0 Å². The molecule has 1 aliphatic carbocycles. The van der Waals surface area contributed by atoms with Gasteiger partial charge in [-0.1, -0.05) is 0 Å². The van der Waals surface area contributed by atoms with Crippen LogP contribution in [0.4, 0.5) is 9.59 Å². The second-order valence-electron chi connectivity index (χ2n) is 3.82. The molecule has 0 spiro atoms. The Morgan fingerprint density at radius 3 is 1.62 bits per heavy atom. The van der Waals surface area contributed by atoms with Crippen LogP contribution in [0.1, 0.15) is 19.3 Å². The van der Waals surface area contributed by atoms with Crippen LogP contribution in [0.15, 0.2) is 0 Å². The highest BCUT2D eigenvalue weighted by molar-refractivity contribution is 5.88. The maximum Gasteiger partial charge on any atom is 0.318 e. The minimum atomic E-state index is -0.582. The summed E-state index contributed by atoms with van der Waals surface area (Å²) in [5.74, 6) is 0. The first-order valence-corrected chi connectivity index (χ1v) is 4.37. The summed E-state index contributed by atoms with van der Waals surface area (Å²) in [6.07, 6.45) is 2.55. The number of hydrogen-bond acceptors (Lipinski definition) is 2. The molecule has 0 unspecified atom stereocenters. The Morgan fingerprint density at radius 2 is 1.23 bits per heavy atom. The first-order chi connectivity index (χ1) is 6.16. The van der Waals surface area contributed by atoms with Gasteiger partial charge in [0.15, 0.2) is 11.3 Å². The fraction of sp³-hybridized carbons (Fsp3) is 0.714. The third-order valence-electron chi connectivity index (χ3n) is 3.14. The van der Waals surface area contributed by atoms with Crippen molar-refractivity contribution in [1.29, 1.82) is 0 Å². The highest BCUT2D eigenvalue weighted by atomic mass is 16.2. The van der Waals surface area contributed by atoms with Crippen molar-refractivity contribution in [1.82, 2.24) is 21.3 Å². The zero-order chi connectivity index (χ0) is 9.10. The Kier molecular flexibility index (Phi) is 0.931. The molecule has 1 saturated carbocycles. The molecule has 70 valence electrons. The lowest BCUT2D eigenvalue weighted by molar-refractivity contribution is 0.232. The molecule has 0 aromatic carbocycles. The van der Waals surface area contributed by atoms with E-state index in [4.69, 9.17) is 0 Å². The van der Waals surface area contributed by atoms with Crippen LogP contribution in [-0.2, 0) is 0 Å². The third kappa shape index (κ3) is 0.609. The van der Waals surface area contributed by atoms with Gasteiger partial charge in [0.25, 0.3) is 0 Å². The lowest BCUT2D eigenvalue weighted by Gasteiger charge is -2.29.